The zero-order valence-electron chi connectivity index (χ0n) is 5.91. The van der Waals surface area contributed by atoms with Crippen LogP contribution < -0.4 is 11.1 Å². The quantitative estimate of drug-likeness (QED) is 0.562. The van der Waals surface area contributed by atoms with E-state index in [0.29, 0.717) is 12.5 Å². The van der Waals surface area contributed by atoms with Crippen molar-refractivity contribution in [2.24, 2.45) is 4.99 Å². The highest BCUT2D eigenvalue weighted by atomic mass is 15.0. The van der Waals surface area contributed by atoms with E-state index in [9.17, 15) is 0 Å². The molecule has 2 rings (SSSR count). The minimum absolute atomic E-state index is 0.526. The van der Waals surface area contributed by atoms with Crippen molar-refractivity contribution < 1.29 is 0 Å². The highest BCUT2D eigenvalue weighted by Gasteiger charge is 2.06. The molecule has 0 amide bonds. The summed E-state index contributed by atoms with van der Waals surface area (Å²) in [6, 6.07) is 1.89. The summed E-state index contributed by atoms with van der Waals surface area (Å²) in [5, 5.41) is 3.09. The summed E-state index contributed by atoms with van der Waals surface area (Å²) < 4.78 is 0. The van der Waals surface area contributed by atoms with Crippen LogP contribution in [0.1, 0.15) is 5.56 Å². The van der Waals surface area contributed by atoms with Crippen molar-refractivity contribution >= 4 is 17.7 Å². The molecule has 0 unspecified atom stereocenters. The summed E-state index contributed by atoms with van der Waals surface area (Å²) in [7, 11) is 0. The summed E-state index contributed by atoms with van der Waals surface area (Å²) in [5.41, 5.74) is 7.49. The normalized spacial score (nSPS) is 13.8. The van der Waals surface area contributed by atoms with Crippen LogP contribution in [0.15, 0.2) is 17.3 Å². The van der Waals surface area contributed by atoms with Crippen LogP contribution in [0.5, 0.6) is 0 Å². The molecule has 0 spiro atoms. The lowest BCUT2D eigenvalue weighted by molar-refractivity contribution is 1.12. The Hall–Kier alpha value is -1.58. The fourth-order valence-corrected chi connectivity index (χ4v) is 1.05. The summed E-state index contributed by atoms with van der Waals surface area (Å²) >= 11 is 0. The van der Waals surface area contributed by atoms with Crippen molar-refractivity contribution in [1.29, 1.82) is 0 Å². The molecule has 4 nitrogen and oxygen atoms in total. The Morgan fingerprint density at radius 3 is 3.27 bits per heavy atom. The largest absolute Gasteiger partial charge is 0.383 e. The Kier molecular flexibility index (Phi) is 1.25. The third-order valence-corrected chi connectivity index (χ3v) is 1.60. The average Bonchev–Trinajstić information content (AvgIpc) is 2.06. The van der Waals surface area contributed by atoms with E-state index in [1.807, 2.05) is 6.07 Å². The number of nitrogens with two attached hydrogens (primary N) is 1. The van der Waals surface area contributed by atoms with E-state index in [0.717, 1.165) is 11.3 Å². The number of aromatic nitrogens is 1. The van der Waals surface area contributed by atoms with Gasteiger partial charge in [-0.25, -0.2) is 4.98 Å². The first-order valence-corrected chi connectivity index (χ1v) is 3.36. The summed E-state index contributed by atoms with van der Waals surface area (Å²) in [6.07, 6.45) is 3.43. The van der Waals surface area contributed by atoms with Gasteiger partial charge in [-0.2, -0.15) is 0 Å². The molecule has 0 radical (unpaired) electrons. The van der Waals surface area contributed by atoms with Crippen molar-refractivity contribution in [2.75, 3.05) is 17.7 Å². The summed E-state index contributed by atoms with van der Waals surface area (Å²) in [5.74, 6) is 0.526. The van der Waals surface area contributed by atoms with E-state index >= 15 is 0 Å². The van der Waals surface area contributed by atoms with Gasteiger partial charge in [0.05, 0.1) is 5.56 Å². The first-order valence-electron chi connectivity index (χ1n) is 3.36. The van der Waals surface area contributed by atoms with Gasteiger partial charge in [0.25, 0.3) is 0 Å². The molecule has 3 N–H and O–H groups in total. The van der Waals surface area contributed by atoms with Crippen LogP contribution in [0.25, 0.3) is 0 Å². The topological polar surface area (TPSA) is 63.3 Å². The first-order chi connectivity index (χ1) is 5.38. The fourth-order valence-electron chi connectivity index (χ4n) is 1.05. The molecule has 4 heteroatoms. The minimum atomic E-state index is 0.526. The van der Waals surface area contributed by atoms with E-state index < -0.39 is 0 Å². The van der Waals surface area contributed by atoms with Gasteiger partial charge < -0.3 is 11.1 Å². The van der Waals surface area contributed by atoms with Crippen LogP contribution in [0, 0.1) is 0 Å². The van der Waals surface area contributed by atoms with Gasteiger partial charge in [0.15, 0.2) is 0 Å². The third kappa shape index (κ3) is 0.920. The van der Waals surface area contributed by atoms with E-state index in [2.05, 4.69) is 15.3 Å². The van der Waals surface area contributed by atoms with E-state index in [1.165, 1.54) is 0 Å². The highest BCUT2D eigenvalue weighted by Crippen LogP contribution is 2.19. The molecule has 2 heterocycles. The number of nitrogens with one attached hydrogen (secondary N) is 1. The maximum atomic E-state index is 5.60. The Balaban J connectivity index is 2.60. The number of nitrogen functional groups attached to an aromatic ring is 1. The molecule has 56 valence electrons. The number of pyridine rings is 1. The maximum absolute atomic E-state index is 5.60. The number of anilines is 2. The van der Waals surface area contributed by atoms with Crippen LogP contribution in [0.4, 0.5) is 11.5 Å². The number of hydrogen-bond donors (Lipinski definition) is 2. The number of rotatable bonds is 0. The highest BCUT2D eigenvalue weighted by molar-refractivity contribution is 5.94. The second-order valence-electron chi connectivity index (χ2n) is 2.30. The smallest absolute Gasteiger partial charge is 0.134 e. The van der Waals surface area contributed by atoms with Gasteiger partial charge in [-0.05, 0) is 6.07 Å². The molecule has 1 aliphatic rings. The maximum Gasteiger partial charge on any atom is 0.134 e. The van der Waals surface area contributed by atoms with E-state index in [4.69, 9.17) is 5.73 Å². The zero-order valence-corrected chi connectivity index (χ0v) is 5.91. The predicted octanol–water partition coefficient (Wildman–Crippen LogP) is 0.466. The minimum Gasteiger partial charge on any atom is -0.383 e. The molecule has 1 aromatic rings. The molecule has 0 atom stereocenters. The Bertz CT molecular complexity index is 305. The van der Waals surface area contributed by atoms with Gasteiger partial charge in [-0.3, -0.25) is 4.99 Å². The van der Waals surface area contributed by atoms with Gasteiger partial charge in [0.2, 0.25) is 0 Å². The molecule has 0 bridgehead atoms. The molecule has 1 aromatic heterocycles. The lowest BCUT2D eigenvalue weighted by atomic mass is 10.2. The molecular formula is C7H8N4. The Morgan fingerprint density at radius 1 is 1.55 bits per heavy atom. The van der Waals surface area contributed by atoms with Crippen molar-refractivity contribution in [3.8, 4) is 0 Å². The fraction of sp³-hybridized carbons (Fsp3) is 0.143. The van der Waals surface area contributed by atoms with Gasteiger partial charge in [0, 0.05) is 18.1 Å². The lowest BCUT2D eigenvalue weighted by Crippen LogP contribution is -2.10. The Labute approximate surface area is 64.2 Å². The molecule has 0 saturated carbocycles. The summed E-state index contributed by atoms with van der Waals surface area (Å²) in [6.45, 7) is 0.621. The molecule has 1 aliphatic heterocycles. The second-order valence-corrected chi connectivity index (χ2v) is 2.30. The second kappa shape index (κ2) is 2.23. The molecule has 0 fully saturated rings. The molecule has 11 heavy (non-hydrogen) atoms. The average molecular weight is 148 g/mol. The molecule has 0 aromatic carbocycles. The zero-order chi connectivity index (χ0) is 7.68. The first kappa shape index (κ1) is 6.15. The van der Waals surface area contributed by atoms with Gasteiger partial charge in [-0.1, -0.05) is 0 Å². The van der Waals surface area contributed by atoms with E-state index in [1.54, 1.807) is 12.4 Å². The molecule has 0 saturated heterocycles. The van der Waals surface area contributed by atoms with Crippen molar-refractivity contribution in [3.63, 3.8) is 0 Å². The predicted molar refractivity (Wildman–Crippen MR) is 44.7 cm³/mol. The molecule has 0 aliphatic carbocycles. The SMILES string of the molecule is Nc1nccc2c1C=NCN2. The van der Waals surface area contributed by atoms with Crippen LogP contribution >= 0.6 is 0 Å². The van der Waals surface area contributed by atoms with Crippen LogP contribution in [0.3, 0.4) is 0 Å². The standard InChI is InChI=1S/C7H8N4/c8-7-5-3-9-4-11-6(5)1-2-10-7/h1-3,11H,4H2,(H2,8,10). The van der Waals surface area contributed by atoms with Gasteiger partial charge in [-0.15, -0.1) is 0 Å². The molecular weight excluding hydrogens is 140 g/mol. The monoisotopic (exact) mass is 148 g/mol. The third-order valence-electron chi connectivity index (χ3n) is 1.60. The number of nitrogens with zero attached hydrogens (tertiary/aromatic N) is 2. The summed E-state index contributed by atoms with van der Waals surface area (Å²) in [4.78, 5) is 7.96. The van der Waals surface area contributed by atoms with Crippen LogP contribution in [-0.2, 0) is 0 Å². The van der Waals surface area contributed by atoms with Gasteiger partial charge in [0.1, 0.15) is 12.5 Å². The number of aliphatic imine (C=N–C) groups is 1. The van der Waals surface area contributed by atoms with E-state index in [-0.39, 0.29) is 0 Å². The van der Waals surface area contributed by atoms with Crippen molar-refractivity contribution in [1.82, 2.24) is 4.98 Å². The lowest BCUT2D eigenvalue weighted by Gasteiger charge is -2.12. The van der Waals surface area contributed by atoms with Gasteiger partial charge >= 0.3 is 0 Å². The van der Waals surface area contributed by atoms with Crippen LogP contribution in [0.2, 0.25) is 0 Å². The number of hydrogen-bond acceptors (Lipinski definition) is 4. The Morgan fingerprint density at radius 2 is 2.45 bits per heavy atom. The van der Waals surface area contributed by atoms with Crippen molar-refractivity contribution in [3.05, 3.63) is 17.8 Å². The number of fused-ring (bicyclic) bond motifs is 1. The van der Waals surface area contributed by atoms with Crippen molar-refractivity contribution in [2.45, 2.75) is 0 Å². The van der Waals surface area contributed by atoms with Crippen LogP contribution in [-0.4, -0.2) is 17.9 Å².